The summed E-state index contributed by atoms with van der Waals surface area (Å²) >= 11 is 0. The van der Waals surface area contributed by atoms with Gasteiger partial charge in [-0.15, -0.1) is 0 Å². The molecule has 1 aliphatic rings. The van der Waals surface area contributed by atoms with Gasteiger partial charge in [0.2, 0.25) is 23.6 Å². The number of carbonyl (C=O) groups is 4. The molecule has 168 valence electrons. The molecule has 0 aromatic heterocycles. The van der Waals surface area contributed by atoms with Crippen LogP contribution in [0.2, 0.25) is 0 Å². The average molecular weight is 437 g/mol. The zero-order chi connectivity index (χ0) is 22.9. The van der Waals surface area contributed by atoms with Crippen molar-refractivity contribution in [3.63, 3.8) is 0 Å². The summed E-state index contributed by atoms with van der Waals surface area (Å²) in [5.41, 5.74) is 1.88. The van der Waals surface area contributed by atoms with Crippen molar-refractivity contribution in [2.45, 2.75) is 44.3 Å². The second-order valence-corrected chi connectivity index (χ2v) is 7.92. The summed E-state index contributed by atoms with van der Waals surface area (Å²) in [5, 5.41) is 11.0. The molecular formula is C24H28N4O4. The van der Waals surface area contributed by atoms with Gasteiger partial charge in [-0.25, -0.2) is 0 Å². The highest BCUT2D eigenvalue weighted by Crippen LogP contribution is 2.06. The third-order valence-corrected chi connectivity index (χ3v) is 5.22. The lowest BCUT2D eigenvalue weighted by Crippen LogP contribution is -2.53. The first-order valence-corrected chi connectivity index (χ1v) is 10.7. The Morgan fingerprint density at radius 2 is 1.28 bits per heavy atom. The van der Waals surface area contributed by atoms with E-state index >= 15 is 0 Å². The average Bonchev–Trinajstić information content (AvgIpc) is 2.77. The SMILES string of the molecule is C[C@@H]1NC(=O)CC(=O)N[C@H](Cc2ccccc2)C(=O)NC[C@H](Cc2ccccc2)NC1=O. The molecule has 0 saturated carbocycles. The lowest BCUT2D eigenvalue weighted by Gasteiger charge is -2.23. The molecule has 0 radical (unpaired) electrons. The Bertz CT molecular complexity index is 949. The fourth-order valence-corrected chi connectivity index (χ4v) is 3.55. The highest BCUT2D eigenvalue weighted by molar-refractivity contribution is 6.00. The lowest BCUT2D eigenvalue weighted by molar-refractivity contribution is -0.134. The topological polar surface area (TPSA) is 116 Å². The third-order valence-electron chi connectivity index (χ3n) is 5.22. The monoisotopic (exact) mass is 436 g/mol. The minimum atomic E-state index is -0.844. The molecular weight excluding hydrogens is 408 g/mol. The maximum Gasteiger partial charge on any atom is 0.242 e. The van der Waals surface area contributed by atoms with Crippen LogP contribution in [0.1, 0.15) is 24.5 Å². The summed E-state index contributed by atoms with van der Waals surface area (Å²) in [6.45, 7) is 1.74. The van der Waals surface area contributed by atoms with E-state index < -0.39 is 30.3 Å². The van der Waals surface area contributed by atoms with Crippen LogP contribution in [0.5, 0.6) is 0 Å². The van der Waals surface area contributed by atoms with E-state index in [9.17, 15) is 19.2 Å². The molecule has 0 aliphatic carbocycles. The molecule has 2 aromatic carbocycles. The molecule has 3 atom stereocenters. The van der Waals surface area contributed by atoms with E-state index in [1.165, 1.54) is 0 Å². The number of nitrogens with one attached hydrogen (secondary N) is 4. The number of rotatable bonds is 4. The molecule has 1 saturated heterocycles. The first-order chi connectivity index (χ1) is 15.4. The molecule has 3 rings (SSSR count). The van der Waals surface area contributed by atoms with E-state index in [-0.39, 0.29) is 30.8 Å². The molecule has 2 aromatic rings. The Morgan fingerprint density at radius 1 is 0.719 bits per heavy atom. The molecule has 32 heavy (non-hydrogen) atoms. The van der Waals surface area contributed by atoms with Gasteiger partial charge >= 0.3 is 0 Å². The molecule has 1 aliphatic heterocycles. The zero-order valence-corrected chi connectivity index (χ0v) is 18.0. The van der Waals surface area contributed by atoms with Crippen LogP contribution in [0.25, 0.3) is 0 Å². The highest BCUT2D eigenvalue weighted by Gasteiger charge is 2.26. The van der Waals surface area contributed by atoms with Gasteiger partial charge in [0.15, 0.2) is 0 Å². The van der Waals surface area contributed by atoms with Crippen LogP contribution in [0.3, 0.4) is 0 Å². The van der Waals surface area contributed by atoms with E-state index in [4.69, 9.17) is 0 Å². The van der Waals surface area contributed by atoms with Gasteiger partial charge in [0, 0.05) is 13.0 Å². The zero-order valence-electron chi connectivity index (χ0n) is 18.0. The molecule has 4 amide bonds. The molecule has 8 heteroatoms. The van der Waals surface area contributed by atoms with Gasteiger partial charge in [-0.2, -0.15) is 0 Å². The van der Waals surface area contributed by atoms with Gasteiger partial charge < -0.3 is 21.3 Å². The summed E-state index contributed by atoms with van der Waals surface area (Å²) in [7, 11) is 0. The Labute approximate surface area is 187 Å². The number of amides is 4. The van der Waals surface area contributed by atoms with Crippen molar-refractivity contribution < 1.29 is 19.2 Å². The van der Waals surface area contributed by atoms with E-state index in [0.29, 0.717) is 6.42 Å². The second kappa shape index (κ2) is 11.1. The predicted octanol–water partition coefficient (Wildman–Crippen LogP) is 0.466. The van der Waals surface area contributed by atoms with Crippen LogP contribution in [0.4, 0.5) is 0 Å². The van der Waals surface area contributed by atoms with Crippen LogP contribution in [-0.2, 0) is 32.0 Å². The maximum atomic E-state index is 13.0. The van der Waals surface area contributed by atoms with Crippen molar-refractivity contribution >= 4 is 23.6 Å². The van der Waals surface area contributed by atoms with Gasteiger partial charge in [0.25, 0.3) is 0 Å². The number of carbonyl (C=O) groups excluding carboxylic acids is 4. The largest absolute Gasteiger partial charge is 0.352 e. The van der Waals surface area contributed by atoms with Crippen molar-refractivity contribution in [2.75, 3.05) is 6.54 Å². The van der Waals surface area contributed by atoms with Gasteiger partial charge in [-0.1, -0.05) is 60.7 Å². The summed E-state index contributed by atoms with van der Waals surface area (Å²) in [6.07, 6.45) is 0.318. The fourth-order valence-electron chi connectivity index (χ4n) is 3.55. The first-order valence-electron chi connectivity index (χ1n) is 10.7. The summed E-state index contributed by atoms with van der Waals surface area (Å²) < 4.78 is 0. The molecule has 8 nitrogen and oxygen atoms in total. The van der Waals surface area contributed by atoms with Gasteiger partial charge in [-0.3, -0.25) is 19.2 Å². The molecule has 0 bridgehead atoms. The van der Waals surface area contributed by atoms with Crippen molar-refractivity contribution in [2.24, 2.45) is 0 Å². The molecule has 0 unspecified atom stereocenters. The number of hydrogen-bond acceptors (Lipinski definition) is 4. The quantitative estimate of drug-likeness (QED) is 0.521. The van der Waals surface area contributed by atoms with Crippen LogP contribution < -0.4 is 21.3 Å². The normalized spacial score (nSPS) is 22.8. The van der Waals surface area contributed by atoms with E-state index in [1.54, 1.807) is 6.92 Å². The smallest absolute Gasteiger partial charge is 0.242 e. The maximum absolute atomic E-state index is 13.0. The summed E-state index contributed by atoms with van der Waals surface area (Å²) in [4.78, 5) is 50.1. The predicted molar refractivity (Wildman–Crippen MR) is 119 cm³/mol. The Morgan fingerprint density at radius 3 is 1.91 bits per heavy atom. The minimum Gasteiger partial charge on any atom is -0.352 e. The van der Waals surface area contributed by atoms with Gasteiger partial charge in [0.1, 0.15) is 18.5 Å². The van der Waals surface area contributed by atoms with E-state index in [0.717, 1.165) is 11.1 Å². The number of benzene rings is 2. The second-order valence-electron chi connectivity index (χ2n) is 7.92. The van der Waals surface area contributed by atoms with Crippen molar-refractivity contribution in [3.05, 3.63) is 71.8 Å². The van der Waals surface area contributed by atoms with E-state index in [2.05, 4.69) is 21.3 Å². The highest BCUT2D eigenvalue weighted by atomic mass is 16.2. The summed E-state index contributed by atoms with van der Waals surface area (Å²) in [5.74, 6) is -1.91. The Kier molecular flexibility index (Phi) is 7.96. The van der Waals surface area contributed by atoms with Crippen LogP contribution in [-0.4, -0.2) is 48.3 Å². The van der Waals surface area contributed by atoms with Crippen molar-refractivity contribution in [1.29, 1.82) is 0 Å². The number of hydrogen-bond donors (Lipinski definition) is 4. The van der Waals surface area contributed by atoms with Crippen molar-refractivity contribution in [3.8, 4) is 0 Å². The van der Waals surface area contributed by atoms with Crippen molar-refractivity contribution in [1.82, 2.24) is 21.3 Å². The van der Waals surface area contributed by atoms with Crippen LogP contribution in [0, 0.1) is 0 Å². The summed E-state index contributed by atoms with van der Waals surface area (Å²) in [6, 6.07) is 16.9. The fraction of sp³-hybridized carbons (Fsp3) is 0.333. The Balaban J connectivity index is 1.80. The molecule has 4 N–H and O–H groups in total. The van der Waals surface area contributed by atoms with E-state index in [1.807, 2.05) is 60.7 Å². The van der Waals surface area contributed by atoms with Crippen LogP contribution in [0.15, 0.2) is 60.7 Å². The molecule has 1 fully saturated rings. The van der Waals surface area contributed by atoms with Gasteiger partial charge in [-0.05, 0) is 24.5 Å². The van der Waals surface area contributed by atoms with Gasteiger partial charge in [0.05, 0.1) is 6.04 Å². The third kappa shape index (κ3) is 6.94. The lowest BCUT2D eigenvalue weighted by atomic mass is 10.0. The van der Waals surface area contributed by atoms with Crippen LogP contribution >= 0.6 is 0 Å². The minimum absolute atomic E-state index is 0.182. The standard InChI is InChI=1S/C24H28N4O4/c1-16-23(31)27-19(12-17-8-4-2-5-9-17)15-25-24(32)20(13-18-10-6-3-7-11-18)28-22(30)14-21(29)26-16/h2-11,16,19-20H,12-15H2,1H3,(H,25,32)(H,26,29)(H,27,31)(H,28,30)/t16-,19-,20+/m0/s1. The Hall–Kier alpha value is -3.68. The molecule has 0 spiro atoms. The first kappa shape index (κ1) is 23.0. The molecule has 1 heterocycles.